The Morgan fingerprint density at radius 2 is 2.10 bits per heavy atom. The van der Waals surface area contributed by atoms with Crippen LogP contribution >= 0.6 is 15.9 Å². The Morgan fingerprint density at radius 3 is 2.85 bits per heavy atom. The van der Waals surface area contributed by atoms with Crippen LogP contribution in [0.1, 0.15) is 18.7 Å². The molecule has 0 saturated heterocycles. The van der Waals surface area contributed by atoms with Crippen molar-refractivity contribution in [2.75, 3.05) is 0 Å². The smallest absolute Gasteiger partial charge is 0.261 e. The number of aryl methyl sites for hydroxylation is 1. The lowest BCUT2D eigenvalue weighted by Crippen LogP contribution is -2.21. The molecule has 3 rings (SSSR count). The lowest BCUT2D eigenvalue weighted by Gasteiger charge is -2.04. The SMILES string of the molecule is CCc1nnc(Cn2cnc3ccc(Br)cc3c2=O)o1. The first-order chi connectivity index (χ1) is 9.67. The fourth-order valence-electron chi connectivity index (χ4n) is 1.88. The van der Waals surface area contributed by atoms with E-state index < -0.39 is 0 Å². The Bertz CT molecular complexity index is 825. The van der Waals surface area contributed by atoms with Crippen molar-refractivity contribution in [1.29, 1.82) is 0 Å². The molecule has 3 aromatic rings. The molecular weight excluding hydrogens is 324 g/mol. The van der Waals surface area contributed by atoms with Gasteiger partial charge in [-0.15, -0.1) is 10.2 Å². The van der Waals surface area contributed by atoms with Crippen LogP contribution in [0.15, 0.2) is 38.2 Å². The van der Waals surface area contributed by atoms with Gasteiger partial charge >= 0.3 is 0 Å². The molecule has 0 radical (unpaired) electrons. The second-order valence-electron chi connectivity index (χ2n) is 4.28. The van der Waals surface area contributed by atoms with E-state index in [2.05, 4.69) is 31.1 Å². The maximum Gasteiger partial charge on any atom is 0.261 e. The third kappa shape index (κ3) is 2.36. The highest BCUT2D eigenvalue weighted by Gasteiger charge is 2.09. The maximum atomic E-state index is 12.4. The van der Waals surface area contributed by atoms with Crippen LogP contribution in [0.25, 0.3) is 10.9 Å². The fraction of sp³-hybridized carbons (Fsp3) is 0.231. The predicted octanol–water partition coefficient (Wildman–Crippen LogP) is 2.15. The molecule has 0 spiro atoms. The molecule has 1 aromatic carbocycles. The predicted molar refractivity (Wildman–Crippen MR) is 76.5 cm³/mol. The van der Waals surface area contributed by atoms with Gasteiger partial charge in [-0.05, 0) is 18.2 Å². The van der Waals surface area contributed by atoms with Gasteiger partial charge in [0.25, 0.3) is 5.56 Å². The Morgan fingerprint density at radius 1 is 1.30 bits per heavy atom. The highest BCUT2D eigenvalue weighted by molar-refractivity contribution is 9.10. The first-order valence-corrected chi connectivity index (χ1v) is 6.92. The molecule has 0 atom stereocenters. The summed E-state index contributed by atoms with van der Waals surface area (Å²) in [4.78, 5) is 16.6. The molecule has 20 heavy (non-hydrogen) atoms. The van der Waals surface area contributed by atoms with Crippen LogP contribution in [0.3, 0.4) is 0 Å². The Hall–Kier alpha value is -2.02. The maximum absolute atomic E-state index is 12.4. The average Bonchev–Trinajstić information content (AvgIpc) is 2.90. The zero-order valence-corrected chi connectivity index (χ0v) is 12.3. The summed E-state index contributed by atoms with van der Waals surface area (Å²) in [6.07, 6.45) is 2.17. The highest BCUT2D eigenvalue weighted by atomic mass is 79.9. The van der Waals surface area contributed by atoms with Crippen LogP contribution in [0.2, 0.25) is 0 Å². The van der Waals surface area contributed by atoms with Crippen molar-refractivity contribution in [1.82, 2.24) is 19.7 Å². The minimum absolute atomic E-state index is 0.132. The molecule has 0 N–H and O–H groups in total. The fourth-order valence-corrected chi connectivity index (χ4v) is 2.25. The van der Waals surface area contributed by atoms with E-state index in [4.69, 9.17) is 4.42 Å². The van der Waals surface area contributed by atoms with Crippen molar-refractivity contribution in [3.05, 3.63) is 51.1 Å². The monoisotopic (exact) mass is 334 g/mol. The first kappa shape index (κ1) is 13.0. The lowest BCUT2D eigenvalue weighted by atomic mass is 10.2. The van der Waals surface area contributed by atoms with Crippen molar-refractivity contribution < 1.29 is 4.42 Å². The molecule has 7 heteroatoms. The molecule has 102 valence electrons. The average molecular weight is 335 g/mol. The zero-order valence-electron chi connectivity index (χ0n) is 10.7. The Kier molecular flexibility index (Phi) is 3.35. The van der Waals surface area contributed by atoms with Gasteiger partial charge in [-0.25, -0.2) is 4.98 Å². The van der Waals surface area contributed by atoms with E-state index in [0.717, 1.165) is 4.47 Å². The topological polar surface area (TPSA) is 73.8 Å². The second kappa shape index (κ2) is 5.16. The molecule has 0 saturated carbocycles. The van der Waals surface area contributed by atoms with Crippen LogP contribution < -0.4 is 5.56 Å². The van der Waals surface area contributed by atoms with Gasteiger partial charge in [-0.1, -0.05) is 22.9 Å². The molecule has 0 aliphatic carbocycles. The van der Waals surface area contributed by atoms with E-state index in [1.165, 1.54) is 10.9 Å². The molecule has 0 amide bonds. The summed E-state index contributed by atoms with van der Waals surface area (Å²) in [7, 11) is 0. The summed E-state index contributed by atoms with van der Waals surface area (Å²) >= 11 is 3.35. The molecule has 0 fully saturated rings. The summed E-state index contributed by atoms with van der Waals surface area (Å²) in [6, 6.07) is 5.41. The van der Waals surface area contributed by atoms with Crippen molar-refractivity contribution in [2.45, 2.75) is 19.9 Å². The molecule has 0 aliphatic rings. The Labute approximate surface area is 122 Å². The van der Waals surface area contributed by atoms with E-state index >= 15 is 0 Å². The molecule has 0 aliphatic heterocycles. The van der Waals surface area contributed by atoms with E-state index in [1.54, 1.807) is 12.1 Å². The molecule has 0 bridgehead atoms. The number of aromatic nitrogens is 4. The Balaban J connectivity index is 2.03. The molecule has 2 aromatic heterocycles. The van der Waals surface area contributed by atoms with Crippen LogP contribution in [0.4, 0.5) is 0 Å². The first-order valence-electron chi connectivity index (χ1n) is 6.13. The minimum Gasteiger partial charge on any atom is -0.423 e. The van der Waals surface area contributed by atoms with Gasteiger partial charge in [0.1, 0.15) is 6.54 Å². The third-order valence-corrected chi connectivity index (χ3v) is 3.40. The van der Waals surface area contributed by atoms with Crippen molar-refractivity contribution in [3.63, 3.8) is 0 Å². The number of hydrogen-bond acceptors (Lipinski definition) is 5. The summed E-state index contributed by atoms with van der Waals surface area (Å²) in [5.41, 5.74) is 0.529. The molecule has 6 nitrogen and oxygen atoms in total. The number of nitrogens with zero attached hydrogens (tertiary/aromatic N) is 4. The molecule has 2 heterocycles. The van der Waals surface area contributed by atoms with Gasteiger partial charge in [-0.3, -0.25) is 9.36 Å². The summed E-state index contributed by atoms with van der Waals surface area (Å²) < 4.78 is 7.71. The van der Waals surface area contributed by atoms with Crippen LogP contribution in [-0.4, -0.2) is 19.7 Å². The normalized spacial score (nSPS) is 11.1. The summed E-state index contributed by atoms with van der Waals surface area (Å²) in [5, 5.41) is 8.34. The number of rotatable bonds is 3. The van der Waals surface area contributed by atoms with Gasteiger partial charge in [-0.2, -0.15) is 0 Å². The number of fused-ring (bicyclic) bond motifs is 1. The van der Waals surface area contributed by atoms with Gasteiger partial charge in [0.2, 0.25) is 11.8 Å². The third-order valence-electron chi connectivity index (χ3n) is 2.90. The number of hydrogen-bond donors (Lipinski definition) is 0. The number of halogens is 1. The van der Waals surface area contributed by atoms with Crippen molar-refractivity contribution in [2.24, 2.45) is 0 Å². The molecule has 0 unspecified atom stereocenters. The van der Waals surface area contributed by atoms with Gasteiger partial charge in [0.05, 0.1) is 17.2 Å². The quantitative estimate of drug-likeness (QED) is 0.733. The largest absolute Gasteiger partial charge is 0.423 e. The molecular formula is C13H11BrN4O2. The summed E-state index contributed by atoms with van der Waals surface area (Å²) in [6.45, 7) is 2.15. The second-order valence-corrected chi connectivity index (χ2v) is 5.20. The van der Waals surface area contributed by atoms with Crippen LogP contribution in [0, 0.1) is 0 Å². The van der Waals surface area contributed by atoms with Crippen molar-refractivity contribution >= 4 is 26.8 Å². The van der Waals surface area contributed by atoms with Crippen molar-refractivity contribution in [3.8, 4) is 0 Å². The van der Waals surface area contributed by atoms with Crippen LogP contribution in [-0.2, 0) is 13.0 Å². The van der Waals surface area contributed by atoms with Crippen LogP contribution in [0.5, 0.6) is 0 Å². The van der Waals surface area contributed by atoms with E-state index in [9.17, 15) is 4.79 Å². The summed E-state index contributed by atoms with van der Waals surface area (Å²) in [5.74, 6) is 0.963. The van der Waals surface area contributed by atoms with E-state index in [0.29, 0.717) is 29.1 Å². The van der Waals surface area contributed by atoms with E-state index in [-0.39, 0.29) is 12.1 Å². The lowest BCUT2D eigenvalue weighted by molar-refractivity contribution is 0.439. The highest BCUT2D eigenvalue weighted by Crippen LogP contribution is 2.15. The van der Waals surface area contributed by atoms with E-state index in [1.807, 2.05) is 13.0 Å². The van der Waals surface area contributed by atoms with Gasteiger partial charge in [0.15, 0.2) is 0 Å². The minimum atomic E-state index is -0.132. The number of benzene rings is 1. The van der Waals surface area contributed by atoms with Gasteiger partial charge < -0.3 is 4.42 Å². The zero-order chi connectivity index (χ0) is 14.1. The standard InChI is InChI=1S/C13H11BrN4O2/c1-2-11-16-17-12(20-11)6-18-7-15-10-4-3-8(14)5-9(10)13(18)19/h3-5,7H,2,6H2,1H3. The van der Waals surface area contributed by atoms with Gasteiger partial charge in [0, 0.05) is 10.9 Å².